The molecule has 0 radical (unpaired) electrons. The molecule has 0 amide bonds. The summed E-state index contributed by atoms with van der Waals surface area (Å²) < 4.78 is 7.68. The normalized spacial score (nSPS) is 16.2. The minimum Gasteiger partial charge on any atom is -0.459 e. The van der Waals surface area contributed by atoms with Crippen molar-refractivity contribution in [2.45, 2.75) is 37.8 Å². The smallest absolute Gasteiger partial charge is 0.338 e. The number of allylic oxidation sites excluding steroid dienone is 1. The Kier molecular flexibility index (Phi) is 6.43. The van der Waals surface area contributed by atoms with E-state index < -0.39 is 12.0 Å². The summed E-state index contributed by atoms with van der Waals surface area (Å²) in [5.74, 6) is -0.455. The van der Waals surface area contributed by atoms with Crippen molar-refractivity contribution < 1.29 is 9.53 Å². The third-order valence-electron chi connectivity index (χ3n) is 5.02. The highest BCUT2D eigenvalue weighted by molar-refractivity contribution is 7.98. The van der Waals surface area contributed by atoms with Crippen molar-refractivity contribution in [1.29, 1.82) is 0 Å². The molecule has 0 fully saturated rings. The fourth-order valence-electron chi connectivity index (χ4n) is 3.57. The van der Waals surface area contributed by atoms with Gasteiger partial charge in [-0.1, -0.05) is 23.5 Å². The number of benzene rings is 1. The second-order valence-electron chi connectivity index (χ2n) is 7.59. The lowest BCUT2D eigenvalue weighted by atomic mass is 9.96. The molecule has 0 unspecified atom stereocenters. The van der Waals surface area contributed by atoms with Crippen molar-refractivity contribution in [3.8, 4) is 0 Å². The van der Waals surface area contributed by atoms with Gasteiger partial charge in [0.25, 0.3) is 5.56 Å². The quantitative estimate of drug-likeness (QED) is 0.427. The van der Waals surface area contributed by atoms with Crippen LogP contribution in [0.1, 0.15) is 37.9 Å². The molecule has 0 saturated heterocycles. The molecule has 164 valence electrons. The van der Waals surface area contributed by atoms with Gasteiger partial charge in [-0.25, -0.2) is 9.79 Å². The second kappa shape index (κ2) is 9.26. The van der Waals surface area contributed by atoms with Gasteiger partial charge in [0, 0.05) is 17.3 Å². The van der Waals surface area contributed by atoms with Gasteiger partial charge in [-0.2, -0.15) is 0 Å². The Morgan fingerprint density at radius 3 is 2.50 bits per heavy atom. The van der Waals surface area contributed by atoms with Crippen molar-refractivity contribution in [2.24, 2.45) is 4.99 Å². The van der Waals surface area contributed by atoms with E-state index in [1.165, 1.54) is 11.3 Å². The number of carbonyl (C=O) groups excluding carboxylic acids is 1. The minimum atomic E-state index is -0.604. The topological polar surface area (TPSA) is 73.6 Å². The number of carbonyl (C=O) groups is 1. The van der Waals surface area contributed by atoms with Crippen LogP contribution in [0.15, 0.2) is 74.7 Å². The van der Waals surface area contributed by atoms with Gasteiger partial charge in [-0.15, -0.1) is 11.8 Å². The SMILES string of the molecule is CSc1ccc([C@H]2C(C(=O)OC(C)C)=C(C)N=c3s/c(=C\c4ccncc4)c(=O)n32)cc1. The summed E-state index contributed by atoms with van der Waals surface area (Å²) in [6.07, 6.45) is 6.92. The molecule has 6 nitrogen and oxygen atoms in total. The second-order valence-corrected chi connectivity index (χ2v) is 9.48. The lowest BCUT2D eigenvalue weighted by Crippen LogP contribution is -2.40. The Labute approximate surface area is 194 Å². The molecule has 0 aliphatic carbocycles. The van der Waals surface area contributed by atoms with Crippen LogP contribution in [0.5, 0.6) is 0 Å². The van der Waals surface area contributed by atoms with Gasteiger partial charge in [-0.05, 0) is 68.5 Å². The first-order chi connectivity index (χ1) is 15.4. The monoisotopic (exact) mass is 465 g/mol. The Hall–Kier alpha value is -2.97. The van der Waals surface area contributed by atoms with E-state index in [1.807, 2.05) is 48.7 Å². The average molecular weight is 466 g/mol. The predicted octanol–water partition coefficient (Wildman–Crippen LogP) is 3.30. The van der Waals surface area contributed by atoms with E-state index in [1.54, 1.807) is 49.5 Å². The number of pyridine rings is 1. The summed E-state index contributed by atoms with van der Waals surface area (Å²) in [6, 6.07) is 11.0. The molecule has 0 bridgehead atoms. The van der Waals surface area contributed by atoms with Crippen molar-refractivity contribution in [1.82, 2.24) is 9.55 Å². The minimum absolute atomic E-state index is 0.188. The van der Waals surface area contributed by atoms with E-state index in [0.29, 0.717) is 20.6 Å². The molecule has 3 heterocycles. The van der Waals surface area contributed by atoms with Gasteiger partial charge < -0.3 is 4.74 Å². The van der Waals surface area contributed by atoms with Gasteiger partial charge in [0.15, 0.2) is 4.80 Å². The summed E-state index contributed by atoms with van der Waals surface area (Å²) in [5, 5.41) is 0. The number of hydrogen-bond acceptors (Lipinski definition) is 7. The molecule has 1 aliphatic rings. The van der Waals surface area contributed by atoms with Crippen molar-refractivity contribution in [3.63, 3.8) is 0 Å². The molecule has 3 aromatic rings. The number of thioether (sulfide) groups is 1. The van der Waals surface area contributed by atoms with E-state index in [9.17, 15) is 9.59 Å². The third-order valence-corrected chi connectivity index (χ3v) is 6.75. The van der Waals surface area contributed by atoms with Crippen LogP contribution in [-0.4, -0.2) is 27.9 Å². The molecule has 0 N–H and O–H groups in total. The van der Waals surface area contributed by atoms with Crippen LogP contribution in [0.2, 0.25) is 0 Å². The molecular formula is C24H23N3O3S2. The first-order valence-corrected chi connectivity index (χ1v) is 12.2. The number of fused-ring (bicyclic) bond motifs is 1. The summed E-state index contributed by atoms with van der Waals surface area (Å²) >= 11 is 2.95. The Balaban J connectivity index is 1.94. The van der Waals surface area contributed by atoms with Crippen molar-refractivity contribution in [3.05, 3.63) is 90.9 Å². The van der Waals surface area contributed by atoms with Gasteiger partial charge in [-0.3, -0.25) is 14.3 Å². The summed E-state index contributed by atoms with van der Waals surface area (Å²) in [4.78, 5) is 36.9. The highest BCUT2D eigenvalue weighted by atomic mass is 32.2. The summed E-state index contributed by atoms with van der Waals surface area (Å²) in [7, 11) is 0. The fraction of sp³-hybridized carbons (Fsp3) is 0.250. The third kappa shape index (κ3) is 4.33. The van der Waals surface area contributed by atoms with E-state index in [4.69, 9.17) is 4.74 Å². The molecule has 8 heteroatoms. The Morgan fingerprint density at radius 2 is 1.88 bits per heavy atom. The van der Waals surface area contributed by atoms with E-state index in [-0.39, 0.29) is 11.7 Å². The van der Waals surface area contributed by atoms with Gasteiger partial charge in [0.1, 0.15) is 0 Å². The van der Waals surface area contributed by atoms with Crippen LogP contribution >= 0.6 is 23.1 Å². The summed E-state index contributed by atoms with van der Waals surface area (Å²) in [5.41, 5.74) is 2.47. The molecule has 1 aliphatic heterocycles. The molecule has 2 aromatic heterocycles. The lowest BCUT2D eigenvalue weighted by Gasteiger charge is -2.25. The summed E-state index contributed by atoms with van der Waals surface area (Å²) in [6.45, 7) is 5.40. The maximum Gasteiger partial charge on any atom is 0.338 e. The van der Waals surface area contributed by atoms with E-state index in [2.05, 4.69) is 9.98 Å². The Bertz CT molecular complexity index is 1350. The van der Waals surface area contributed by atoms with Crippen LogP contribution in [0.25, 0.3) is 6.08 Å². The maximum absolute atomic E-state index is 13.5. The largest absolute Gasteiger partial charge is 0.459 e. The van der Waals surface area contributed by atoms with Crippen LogP contribution in [0.4, 0.5) is 0 Å². The molecule has 4 rings (SSSR count). The molecule has 0 spiro atoms. The van der Waals surface area contributed by atoms with Crippen LogP contribution < -0.4 is 14.9 Å². The van der Waals surface area contributed by atoms with E-state index >= 15 is 0 Å². The molecule has 32 heavy (non-hydrogen) atoms. The highest BCUT2D eigenvalue weighted by Crippen LogP contribution is 2.31. The number of rotatable bonds is 5. The number of aromatic nitrogens is 2. The molecule has 1 aromatic carbocycles. The Morgan fingerprint density at radius 1 is 1.19 bits per heavy atom. The number of ether oxygens (including phenoxy) is 1. The number of esters is 1. The fourth-order valence-corrected chi connectivity index (χ4v) is 5.03. The zero-order valence-electron chi connectivity index (χ0n) is 18.2. The standard InChI is InChI=1S/C24H23N3O3S2/c1-14(2)30-23(29)20-15(3)26-24-27(21(20)17-5-7-18(31-4)8-6-17)22(28)19(32-24)13-16-9-11-25-12-10-16/h5-14,21H,1-4H3/b19-13-/t21-/m0/s1. The zero-order chi connectivity index (χ0) is 22.8. The number of thiazole rings is 1. The van der Waals surface area contributed by atoms with Crippen molar-refractivity contribution >= 4 is 35.1 Å². The first-order valence-electron chi connectivity index (χ1n) is 10.2. The first kappa shape index (κ1) is 22.2. The average Bonchev–Trinajstić information content (AvgIpc) is 3.07. The van der Waals surface area contributed by atoms with Crippen LogP contribution in [0, 0.1) is 0 Å². The number of hydrogen-bond donors (Lipinski definition) is 0. The van der Waals surface area contributed by atoms with Gasteiger partial charge in [0.05, 0.1) is 27.9 Å². The van der Waals surface area contributed by atoms with Crippen LogP contribution in [-0.2, 0) is 9.53 Å². The predicted molar refractivity (Wildman–Crippen MR) is 127 cm³/mol. The van der Waals surface area contributed by atoms with Crippen LogP contribution in [0.3, 0.4) is 0 Å². The van der Waals surface area contributed by atoms with E-state index in [0.717, 1.165) is 16.0 Å². The molecule has 1 atom stereocenters. The van der Waals surface area contributed by atoms with Crippen molar-refractivity contribution in [2.75, 3.05) is 6.26 Å². The molecular weight excluding hydrogens is 442 g/mol. The molecule has 0 saturated carbocycles. The zero-order valence-corrected chi connectivity index (χ0v) is 19.9. The lowest BCUT2D eigenvalue weighted by molar-refractivity contribution is -0.143. The highest BCUT2D eigenvalue weighted by Gasteiger charge is 2.33. The number of nitrogens with zero attached hydrogens (tertiary/aromatic N) is 3. The van der Waals surface area contributed by atoms with Gasteiger partial charge in [0.2, 0.25) is 0 Å². The maximum atomic E-state index is 13.5. The van der Waals surface area contributed by atoms with Gasteiger partial charge >= 0.3 is 5.97 Å².